The zero-order chi connectivity index (χ0) is 13.7. The molecule has 1 N–H and O–H groups in total. The van der Waals surface area contributed by atoms with E-state index in [1.165, 1.54) is 64.7 Å². The molecular formula is C16H33N3. The van der Waals surface area contributed by atoms with Gasteiger partial charge in [-0.3, -0.25) is 0 Å². The Labute approximate surface area is 119 Å². The van der Waals surface area contributed by atoms with E-state index in [2.05, 4.69) is 36.1 Å². The van der Waals surface area contributed by atoms with Crippen molar-refractivity contribution in [3.8, 4) is 0 Å². The Kier molecular flexibility index (Phi) is 6.11. The quantitative estimate of drug-likeness (QED) is 0.796. The third kappa shape index (κ3) is 4.44. The van der Waals surface area contributed by atoms with E-state index in [0.29, 0.717) is 0 Å². The zero-order valence-corrected chi connectivity index (χ0v) is 13.2. The molecule has 1 heterocycles. The number of likely N-dealkylation sites (tertiary alicyclic amines) is 1. The Balaban J connectivity index is 1.75. The Morgan fingerprint density at radius 3 is 2.58 bits per heavy atom. The van der Waals surface area contributed by atoms with E-state index in [1.54, 1.807) is 0 Å². The number of nitrogens with one attached hydrogen (secondary N) is 1. The average molecular weight is 267 g/mol. The molecule has 0 aromatic rings. The summed E-state index contributed by atoms with van der Waals surface area (Å²) in [6.07, 6.45) is 8.21. The standard InChI is InChI=1S/C16H33N3/c1-4-10-17-16-7-5-6-14(16)13-19(3)15-8-11-18(2)12-9-15/h14-17H,4-13H2,1-3H3. The summed E-state index contributed by atoms with van der Waals surface area (Å²) in [6, 6.07) is 1.61. The lowest BCUT2D eigenvalue weighted by atomic mass is 9.99. The first-order valence-corrected chi connectivity index (χ1v) is 8.33. The van der Waals surface area contributed by atoms with Crippen molar-refractivity contribution in [2.45, 2.75) is 57.5 Å². The molecule has 1 saturated carbocycles. The molecule has 0 bridgehead atoms. The van der Waals surface area contributed by atoms with Crippen LogP contribution in [0.3, 0.4) is 0 Å². The second-order valence-electron chi connectivity index (χ2n) is 6.73. The highest BCUT2D eigenvalue weighted by molar-refractivity contribution is 4.87. The fourth-order valence-corrected chi connectivity index (χ4v) is 3.81. The van der Waals surface area contributed by atoms with E-state index in [-0.39, 0.29) is 0 Å². The van der Waals surface area contributed by atoms with Gasteiger partial charge in [0.15, 0.2) is 0 Å². The van der Waals surface area contributed by atoms with E-state index >= 15 is 0 Å². The van der Waals surface area contributed by atoms with Crippen molar-refractivity contribution in [3.63, 3.8) is 0 Å². The van der Waals surface area contributed by atoms with Crippen LogP contribution in [0, 0.1) is 5.92 Å². The Hall–Kier alpha value is -0.120. The fourth-order valence-electron chi connectivity index (χ4n) is 3.81. The van der Waals surface area contributed by atoms with Crippen molar-refractivity contribution in [3.05, 3.63) is 0 Å². The minimum Gasteiger partial charge on any atom is -0.314 e. The summed E-state index contributed by atoms with van der Waals surface area (Å²) in [4.78, 5) is 5.12. The first-order valence-electron chi connectivity index (χ1n) is 8.33. The first-order chi connectivity index (χ1) is 9.20. The SMILES string of the molecule is CCCNC1CCCC1CN(C)C1CCN(C)CC1. The second kappa shape index (κ2) is 7.61. The van der Waals surface area contributed by atoms with Gasteiger partial charge in [-0.15, -0.1) is 0 Å². The zero-order valence-electron chi connectivity index (χ0n) is 13.2. The summed E-state index contributed by atoms with van der Waals surface area (Å²) in [5.41, 5.74) is 0. The molecular weight excluding hydrogens is 234 g/mol. The molecule has 0 aromatic heterocycles. The van der Waals surface area contributed by atoms with Gasteiger partial charge < -0.3 is 15.1 Å². The molecule has 2 fully saturated rings. The summed E-state index contributed by atoms with van der Waals surface area (Å²) in [7, 11) is 4.60. The molecule has 0 aromatic carbocycles. The van der Waals surface area contributed by atoms with E-state index in [4.69, 9.17) is 0 Å². The van der Waals surface area contributed by atoms with Gasteiger partial charge in [-0.2, -0.15) is 0 Å². The van der Waals surface area contributed by atoms with E-state index < -0.39 is 0 Å². The topological polar surface area (TPSA) is 18.5 Å². The molecule has 3 nitrogen and oxygen atoms in total. The Morgan fingerprint density at radius 1 is 1.16 bits per heavy atom. The lowest BCUT2D eigenvalue weighted by Crippen LogP contribution is -2.46. The van der Waals surface area contributed by atoms with E-state index in [0.717, 1.165) is 18.0 Å². The van der Waals surface area contributed by atoms with Crippen LogP contribution >= 0.6 is 0 Å². The largest absolute Gasteiger partial charge is 0.314 e. The maximum Gasteiger partial charge on any atom is 0.0117 e. The van der Waals surface area contributed by atoms with Crippen molar-refractivity contribution in [2.24, 2.45) is 5.92 Å². The number of hydrogen-bond donors (Lipinski definition) is 1. The van der Waals surface area contributed by atoms with Crippen LogP contribution in [0.15, 0.2) is 0 Å². The van der Waals surface area contributed by atoms with Crippen molar-refractivity contribution < 1.29 is 0 Å². The summed E-state index contributed by atoms with van der Waals surface area (Å²) < 4.78 is 0. The molecule has 3 heteroatoms. The lowest BCUT2D eigenvalue weighted by Gasteiger charge is -2.37. The highest BCUT2D eigenvalue weighted by Crippen LogP contribution is 2.27. The van der Waals surface area contributed by atoms with Gasteiger partial charge in [0.05, 0.1) is 0 Å². The summed E-state index contributed by atoms with van der Waals surface area (Å²) in [5.74, 6) is 0.885. The maximum absolute atomic E-state index is 3.76. The van der Waals surface area contributed by atoms with Crippen LogP contribution in [-0.2, 0) is 0 Å². The summed E-state index contributed by atoms with van der Waals surface area (Å²) in [5, 5.41) is 3.76. The molecule has 2 atom stereocenters. The van der Waals surface area contributed by atoms with Crippen LogP contribution in [0.4, 0.5) is 0 Å². The minimum absolute atomic E-state index is 0.786. The number of rotatable bonds is 6. The van der Waals surface area contributed by atoms with Gasteiger partial charge in [-0.25, -0.2) is 0 Å². The monoisotopic (exact) mass is 267 g/mol. The molecule has 0 radical (unpaired) electrons. The maximum atomic E-state index is 3.76. The van der Waals surface area contributed by atoms with Crippen molar-refractivity contribution in [2.75, 3.05) is 40.3 Å². The second-order valence-corrected chi connectivity index (χ2v) is 6.73. The Bertz CT molecular complexity index is 248. The van der Waals surface area contributed by atoms with Gasteiger partial charge in [0.25, 0.3) is 0 Å². The van der Waals surface area contributed by atoms with Crippen LogP contribution in [0.2, 0.25) is 0 Å². The molecule has 2 rings (SSSR count). The third-order valence-corrected chi connectivity index (χ3v) is 5.15. The molecule has 1 aliphatic carbocycles. The van der Waals surface area contributed by atoms with Crippen molar-refractivity contribution in [1.82, 2.24) is 15.1 Å². The molecule has 2 aliphatic rings. The van der Waals surface area contributed by atoms with Crippen molar-refractivity contribution in [1.29, 1.82) is 0 Å². The smallest absolute Gasteiger partial charge is 0.0117 e. The van der Waals surface area contributed by atoms with Crippen LogP contribution < -0.4 is 5.32 Å². The highest BCUT2D eigenvalue weighted by atomic mass is 15.2. The van der Waals surface area contributed by atoms with Crippen LogP contribution in [0.1, 0.15) is 45.4 Å². The Morgan fingerprint density at radius 2 is 1.89 bits per heavy atom. The summed E-state index contributed by atoms with van der Waals surface area (Å²) >= 11 is 0. The fraction of sp³-hybridized carbons (Fsp3) is 1.00. The molecule has 0 spiro atoms. The number of piperidine rings is 1. The number of nitrogens with zero attached hydrogens (tertiary/aromatic N) is 2. The summed E-state index contributed by atoms with van der Waals surface area (Å²) in [6.45, 7) is 7.31. The first kappa shape index (κ1) is 15.3. The van der Waals surface area contributed by atoms with Gasteiger partial charge in [0.1, 0.15) is 0 Å². The molecule has 19 heavy (non-hydrogen) atoms. The highest BCUT2D eigenvalue weighted by Gasteiger charge is 2.29. The van der Waals surface area contributed by atoms with Crippen LogP contribution in [-0.4, -0.2) is 62.2 Å². The van der Waals surface area contributed by atoms with Gasteiger partial charge in [-0.1, -0.05) is 13.3 Å². The lowest BCUT2D eigenvalue weighted by molar-refractivity contribution is 0.124. The average Bonchev–Trinajstić information content (AvgIpc) is 2.84. The predicted molar refractivity (Wildman–Crippen MR) is 82.6 cm³/mol. The van der Waals surface area contributed by atoms with Gasteiger partial charge in [0.2, 0.25) is 0 Å². The molecule has 1 aliphatic heterocycles. The van der Waals surface area contributed by atoms with E-state index in [9.17, 15) is 0 Å². The molecule has 0 amide bonds. The van der Waals surface area contributed by atoms with Crippen molar-refractivity contribution >= 4 is 0 Å². The van der Waals surface area contributed by atoms with Crippen LogP contribution in [0.5, 0.6) is 0 Å². The third-order valence-electron chi connectivity index (χ3n) is 5.15. The van der Waals surface area contributed by atoms with Gasteiger partial charge >= 0.3 is 0 Å². The molecule has 2 unspecified atom stereocenters. The normalized spacial score (nSPS) is 30.3. The predicted octanol–water partition coefficient (Wildman–Crippen LogP) is 2.18. The van der Waals surface area contributed by atoms with E-state index in [1.807, 2.05) is 0 Å². The molecule has 1 saturated heterocycles. The van der Waals surface area contributed by atoms with Gasteiger partial charge in [0, 0.05) is 18.6 Å². The number of hydrogen-bond acceptors (Lipinski definition) is 3. The minimum atomic E-state index is 0.786. The molecule has 112 valence electrons. The van der Waals surface area contributed by atoms with Crippen LogP contribution in [0.25, 0.3) is 0 Å². The van der Waals surface area contributed by atoms with Gasteiger partial charge in [-0.05, 0) is 71.8 Å².